The van der Waals surface area contributed by atoms with Gasteiger partial charge >= 0.3 is 0 Å². The third kappa shape index (κ3) is 7.23. The second-order valence-electron chi connectivity index (χ2n) is 1.96. The van der Waals surface area contributed by atoms with Crippen molar-refractivity contribution in [1.82, 2.24) is 0 Å². The molecule has 0 bridgehead atoms. The van der Waals surface area contributed by atoms with Crippen LogP contribution in [0.2, 0.25) is 0 Å². The second-order valence-corrected chi connectivity index (χ2v) is 1.96. The first kappa shape index (κ1) is 8.23. The molecule has 0 fully saturated rings. The molecule has 0 radical (unpaired) electrons. The third-order valence-electron chi connectivity index (χ3n) is 1.04. The van der Waals surface area contributed by atoms with Gasteiger partial charge in [0.15, 0.2) is 0 Å². The normalized spacial score (nSPS) is 9.78. The molecule has 1 nitrogen and oxygen atoms in total. The van der Waals surface area contributed by atoms with Gasteiger partial charge in [0, 0.05) is 6.42 Å². The summed E-state index contributed by atoms with van der Waals surface area (Å²) in [5.41, 5.74) is 0. The molecule has 0 N–H and O–H groups in total. The number of allylic oxidation sites excluding steroid dienone is 2. The summed E-state index contributed by atoms with van der Waals surface area (Å²) in [7, 11) is 0. The first-order valence-corrected chi connectivity index (χ1v) is 3.43. The lowest BCUT2D eigenvalue weighted by Crippen LogP contribution is -1.64. The average Bonchev–Trinajstić information content (AvgIpc) is 1.89. The Labute approximate surface area is 57.0 Å². The molecular weight excluding hydrogens is 110 g/mol. The van der Waals surface area contributed by atoms with Gasteiger partial charge in [0.05, 0.1) is 6.07 Å². The van der Waals surface area contributed by atoms with Crippen molar-refractivity contribution in [2.24, 2.45) is 0 Å². The van der Waals surface area contributed by atoms with E-state index in [-0.39, 0.29) is 0 Å². The Morgan fingerprint density at radius 1 is 1.33 bits per heavy atom. The van der Waals surface area contributed by atoms with Gasteiger partial charge in [-0.3, -0.25) is 0 Å². The highest BCUT2D eigenvalue weighted by molar-refractivity contribution is 4.84. The Morgan fingerprint density at radius 2 is 2.00 bits per heavy atom. The summed E-state index contributed by atoms with van der Waals surface area (Å²) >= 11 is 0. The Hall–Kier alpha value is -0.770. The molecule has 0 rings (SSSR count). The van der Waals surface area contributed by atoms with E-state index in [4.69, 9.17) is 5.26 Å². The van der Waals surface area contributed by atoms with E-state index in [1.807, 2.05) is 0 Å². The topological polar surface area (TPSA) is 23.8 Å². The molecule has 0 atom stereocenters. The fourth-order valence-electron chi connectivity index (χ4n) is 0.550. The van der Waals surface area contributed by atoms with Crippen molar-refractivity contribution in [3.8, 4) is 6.07 Å². The van der Waals surface area contributed by atoms with Crippen LogP contribution < -0.4 is 0 Å². The molecule has 0 aliphatic rings. The Morgan fingerprint density at radius 3 is 2.56 bits per heavy atom. The summed E-state index contributed by atoms with van der Waals surface area (Å²) in [4.78, 5) is 0. The first-order chi connectivity index (χ1) is 4.41. The lowest BCUT2D eigenvalue weighted by atomic mass is 10.2. The van der Waals surface area contributed by atoms with Crippen LogP contribution in [-0.2, 0) is 0 Å². The van der Waals surface area contributed by atoms with Crippen LogP contribution in [0.4, 0.5) is 0 Å². The van der Waals surface area contributed by atoms with Crippen molar-refractivity contribution < 1.29 is 0 Å². The van der Waals surface area contributed by atoms with Crippen molar-refractivity contribution in [3.63, 3.8) is 0 Å². The molecular formula is C8H13N. The van der Waals surface area contributed by atoms with Gasteiger partial charge in [-0.2, -0.15) is 5.26 Å². The van der Waals surface area contributed by atoms with Crippen molar-refractivity contribution in [1.29, 1.82) is 5.26 Å². The zero-order valence-corrected chi connectivity index (χ0v) is 5.93. The number of rotatable bonds is 4. The van der Waals surface area contributed by atoms with Gasteiger partial charge < -0.3 is 0 Å². The minimum absolute atomic E-state index is 0.653. The highest BCUT2D eigenvalue weighted by Gasteiger charge is 1.75. The lowest BCUT2D eigenvalue weighted by Gasteiger charge is -1.82. The maximum atomic E-state index is 8.14. The predicted octanol–water partition coefficient (Wildman–Crippen LogP) is 2.65. The van der Waals surface area contributed by atoms with E-state index in [1.165, 1.54) is 6.42 Å². The van der Waals surface area contributed by atoms with Crippen LogP contribution in [0.15, 0.2) is 12.2 Å². The maximum absolute atomic E-state index is 8.14. The third-order valence-corrected chi connectivity index (χ3v) is 1.04. The van der Waals surface area contributed by atoms with E-state index < -0.39 is 0 Å². The van der Waals surface area contributed by atoms with Gasteiger partial charge in [-0.25, -0.2) is 0 Å². The van der Waals surface area contributed by atoms with E-state index in [2.05, 4.69) is 25.1 Å². The molecule has 0 spiro atoms. The van der Waals surface area contributed by atoms with Crippen molar-refractivity contribution in [2.45, 2.75) is 32.6 Å². The van der Waals surface area contributed by atoms with Crippen LogP contribution in [0.25, 0.3) is 0 Å². The van der Waals surface area contributed by atoms with E-state index in [0.717, 1.165) is 12.8 Å². The van der Waals surface area contributed by atoms with Gasteiger partial charge in [0.2, 0.25) is 0 Å². The number of hydrogen-bond acceptors (Lipinski definition) is 1. The van der Waals surface area contributed by atoms with Crippen LogP contribution in [0, 0.1) is 11.3 Å². The van der Waals surface area contributed by atoms with Gasteiger partial charge in [-0.05, 0) is 12.8 Å². The van der Waals surface area contributed by atoms with E-state index in [1.54, 1.807) is 0 Å². The summed E-state index contributed by atoms with van der Waals surface area (Å²) in [6, 6.07) is 2.09. The fraction of sp³-hybridized carbons (Fsp3) is 0.625. The first-order valence-electron chi connectivity index (χ1n) is 3.43. The Balaban J connectivity index is 2.97. The minimum atomic E-state index is 0.653. The summed E-state index contributed by atoms with van der Waals surface area (Å²) in [6.07, 6.45) is 8.12. The molecule has 0 amide bonds. The smallest absolute Gasteiger partial charge is 0.0624 e. The van der Waals surface area contributed by atoms with Crippen molar-refractivity contribution in [3.05, 3.63) is 12.2 Å². The molecule has 9 heavy (non-hydrogen) atoms. The fourth-order valence-corrected chi connectivity index (χ4v) is 0.550. The maximum Gasteiger partial charge on any atom is 0.0624 e. The quantitative estimate of drug-likeness (QED) is 0.416. The monoisotopic (exact) mass is 123 g/mol. The minimum Gasteiger partial charge on any atom is -0.198 e. The molecule has 0 aliphatic heterocycles. The lowest BCUT2D eigenvalue weighted by molar-refractivity contribution is 0.945. The molecule has 0 saturated carbocycles. The molecule has 0 unspecified atom stereocenters. The highest BCUT2D eigenvalue weighted by Crippen LogP contribution is 1.92. The standard InChI is InChI=1S/C8H13N/c1-2-3-4-5-6-7-8-9/h4-5H,2-3,6-7H2,1H3/b5-4-. The summed E-state index contributed by atoms with van der Waals surface area (Å²) < 4.78 is 0. The summed E-state index contributed by atoms with van der Waals surface area (Å²) in [5, 5.41) is 8.14. The molecule has 0 aliphatic carbocycles. The van der Waals surface area contributed by atoms with Crippen LogP contribution in [0.5, 0.6) is 0 Å². The zero-order chi connectivity index (χ0) is 6.95. The summed E-state index contributed by atoms with van der Waals surface area (Å²) in [5.74, 6) is 0. The molecule has 0 aromatic heterocycles. The van der Waals surface area contributed by atoms with Gasteiger partial charge in [-0.1, -0.05) is 25.5 Å². The van der Waals surface area contributed by atoms with Crippen LogP contribution >= 0.6 is 0 Å². The molecule has 50 valence electrons. The van der Waals surface area contributed by atoms with Crippen LogP contribution in [0.1, 0.15) is 32.6 Å². The SMILES string of the molecule is CCC/C=C\CCC#N. The molecule has 1 heteroatoms. The van der Waals surface area contributed by atoms with E-state index >= 15 is 0 Å². The van der Waals surface area contributed by atoms with Gasteiger partial charge in [0.25, 0.3) is 0 Å². The molecule has 0 aromatic carbocycles. The van der Waals surface area contributed by atoms with Gasteiger partial charge in [0.1, 0.15) is 0 Å². The van der Waals surface area contributed by atoms with E-state index in [0.29, 0.717) is 6.42 Å². The number of nitrogens with zero attached hydrogens (tertiary/aromatic N) is 1. The summed E-state index contributed by atoms with van der Waals surface area (Å²) in [6.45, 7) is 2.15. The highest BCUT2D eigenvalue weighted by atomic mass is 14.2. The number of unbranched alkanes of at least 4 members (excludes halogenated alkanes) is 2. The zero-order valence-electron chi connectivity index (χ0n) is 5.93. The van der Waals surface area contributed by atoms with Crippen LogP contribution in [0.3, 0.4) is 0 Å². The van der Waals surface area contributed by atoms with E-state index in [9.17, 15) is 0 Å². The number of nitriles is 1. The van der Waals surface area contributed by atoms with Crippen molar-refractivity contribution in [2.75, 3.05) is 0 Å². The average molecular weight is 123 g/mol. The molecule has 0 saturated heterocycles. The van der Waals surface area contributed by atoms with Gasteiger partial charge in [-0.15, -0.1) is 0 Å². The largest absolute Gasteiger partial charge is 0.198 e. The predicted molar refractivity (Wildman–Crippen MR) is 38.9 cm³/mol. The molecule has 0 heterocycles. The Bertz CT molecular complexity index is 108. The number of hydrogen-bond donors (Lipinski definition) is 0. The second kappa shape index (κ2) is 7.23. The Kier molecular flexibility index (Phi) is 6.61. The molecule has 0 aromatic rings. The van der Waals surface area contributed by atoms with Crippen LogP contribution in [-0.4, -0.2) is 0 Å². The van der Waals surface area contributed by atoms with Crippen molar-refractivity contribution >= 4 is 0 Å².